The SMILES string of the molecule is CCOCC[O][V]([O]CCOCC)([O]CCOCC)[O]CCOCC. The van der Waals surface area contributed by atoms with Crippen molar-refractivity contribution < 1.29 is 49.0 Å². The molecule has 0 saturated carbocycles. The van der Waals surface area contributed by atoms with Gasteiger partial charge in [0, 0.05) is 0 Å². The summed E-state index contributed by atoms with van der Waals surface area (Å²) in [6.45, 7) is 13.5. The fraction of sp³-hybridized carbons (Fsp3) is 1.00. The van der Waals surface area contributed by atoms with Crippen LogP contribution >= 0.6 is 0 Å². The van der Waals surface area contributed by atoms with E-state index in [4.69, 9.17) is 33.6 Å². The van der Waals surface area contributed by atoms with Gasteiger partial charge >= 0.3 is 156 Å². The van der Waals surface area contributed by atoms with Crippen LogP contribution in [0.5, 0.6) is 0 Å². The van der Waals surface area contributed by atoms with E-state index in [1.807, 2.05) is 27.7 Å². The van der Waals surface area contributed by atoms with E-state index in [-0.39, 0.29) is 0 Å². The van der Waals surface area contributed by atoms with Gasteiger partial charge in [0.2, 0.25) is 0 Å². The molecule has 0 spiro atoms. The van der Waals surface area contributed by atoms with Crippen molar-refractivity contribution in [2.24, 2.45) is 0 Å². The van der Waals surface area contributed by atoms with E-state index in [0.29, 0.717) is 79.3 Å². The molecule has 25 heavy (non-hydrogen) atoms. The molecule has 0 aromatic carbocycles. The van der Waals surface area contributed by atoms with Gasteiger partial charge in [-0.2, -0.15) is 0 Å². The summed E-state index contributed by atoms with van der Waals surface area (Å²) < 4.78 is 44.8. The van der Waals surface area contributed by atoms with Crippen molar-refractivity contribution in [2.75, 3.05) is 79.3 Å². The maximum absolute atomic E-state index is 5.89. The second-order valence-corrected chi connectivity index (χ2v) is 7.58. The molecule has 0 aromatic heterocycles. The van der Waals surface area contributed by atoms with E-state index in [2.05, 4.69) is 0 Å². The topological polar surface area (TPSA) is 73.8 Å². The van der Waals surface area contributed by atoms with Crippen LogP contribution in [0.1, 0.15) is 27.7 Å². The van der Waals surface area contributed by atoms with Crippen molar-refractivity contribution in [3.63, 3.8) is 0 Å². The summed E-state index contributed by atoms with van der Waals surface area (Å²) >= 11 is -3.72. The molecular weight excluding hydrogens is 371 g/mol. The van der Waals surface area contributed by atoms with Crippen molar-refractivity contribution >= 4 is 0 Å². The average Bonchev–Trinajstić information content (AvgIpc) is 2.63. The third-order valence-corrected chi connectivity index (χ3v) is 5.84. The van der Waals surface area contributed by atoms with Crippen LogP contribution in [0, 0.1) is 0 Å². The molecule has 0 bridgehead atoms. The Hall–Kier alpha value is 0.264. The molecule has 0 amide bonds. The van der Waals surface area contributed by atoms with Crippen molar-refractivity contribution in [2.45, 2.75) is 27.7 Å². The van der Waals surface area contributed by atoms with Gasteiger partial charge in [-0.05, 0) is 0 Å². The summed E-state index contributed by atoms with van der Waals surface area (Å²) in [7, 11) is 0. The van der Waals surface area contributed by atoms with Crippen LogP contribution in [-0.4, -0.2) is 79.3 Å². The van der Waals surface area contributed by atoms with Crippen molar-refractivity contribution in [1.29, 1.82) is 0 Å². The van der Waals surface area contributed by atoms with Crippen LogP contribution in [0.2, 0.25) is 0 Å². The zero-order valence-electron chi connectivity index (χ0n) is 16.2. The van der Waals surface area contributed by atoms with Crippen molar-refractivity contribution in [1.82, 2.24) is 0 Å². The number of ether oxygens (including phenoxy) is 4. The molecule has 9 heteroatoms. The molecule has 153 valence electrons. The van der Waals surface area contributed by atoms with E-state index in [1.165, 1.54) is 0 Å². The molecule has 0 heterocycles. The first-order valence-electron chi connectivity index (χ1n) is 9.02. The molecule has 8 nitrogen and oxygen atoms in total. The molecule has 0 aliphatic carbocycles. The van der Waals surface area contributed by atoms with Crippen molar-refractivity contribution in [3.05, 3.63) is 0 Å². The molecule has 0 radical (unpaired) electrons. The Labute approximate surface area is 156 Å². The summed E-state index contributed by atoms with van der Waals surface area (Å²) in [5.41, 5.74) is 0. The Morgan fingerprint density at radius 1 is 0.400 bits per heavy atom. The fourth-order valence-corrected chi connectivity index (χ4v) is 4.19. The summed E-state index contributed by atoms with van der Waals surface area (Å²) in [6, 6.07) is 0. The summed E-state index contributed by atoms with van der Waals surface area (Å²) in [4.78, 5) is 0. The van der Waals surface area contributed by atoms with Gasteiger partial charge < -0.3 is 0 Å². The van der Waals surface area contributed by atoms with Gasteiger partial charge in [-0.15, -0.1) is 0 Å². The van der Waals surface area contributed by atoms with Crippen LogP contribution in [0.25, 0.3) is 0 Å². The summed E-state index contributed by atoms with van der Waals surface area (Å²) in [5.74, 6) is 0. The first-order valence-corrected chi connectivity index (χ1v) is 11.3. The summed E-state index contributed by atoms with van der Waals surface area (Å²) in [6.07, 6.45) is 0. The van der Waals surface area contributed by atoms with Gasteiger partial charge in [0.05, 0.1) is 0 Å². The van der Waals surface area contributed by atoms with Gasteiger partial charge in [-0.3, -0.25) is 0 Å². The standard InChI is InChI=1S/4C4H9O2.V/c4*1-2-6-4-3-5;/h4*2-4H2,1H3;/q4*-1;+4. The van der Waals surface area contributed by atoms with E-state index in [0.717, 1.165) is 0 Å². The third-order valence-electron chi connectivity index (χ3n) is 2.72. The van der Waals surface area contributed by atoms with Crippen LogP contribution in [0.3, 0.4) is 0 Å². The Kier molecular flexibility index (Phi) is 19.2. The predicted molar refractivity (Wildman–Crippen MR) is 89.8 cm³/mol. The molecule has 0 aromatic rings. The van der Waals surface area contributed by atoms with Gasteiger partial charge in [-0.25, -0.2) is 0 Å². The molecule has 0 rings (SSSR count). The minimum absolute atomic E-state index is 0.346. The molecule has 0 saturated heterocycles. The minimum atomic E-state index is -3.72. The van der Waals surface area contributed by atoms with Crippen LogP contribution in [-0.2, 0) is 49.0 Å². The van der Waals surface area contributed by atoms with E-state index < -0.39 is 15.4 Å². The Morgan fingerprint density at radius 3 is 0.840 bits per heavy atom. The Morgan fingerprint density at radius 2 is 0.640 bits per heavy atom. The van der Waals surface area contributed by atoms with Crippen molar-refractivity contribution in [3.8, 4) is 0 Å². The van der Waals surface area contributed by atoms with Crippen LogP contribution in [0.4, 0.5) is 0 Å². The molecule has 0 fully saturated rings. The third kappa shape index (κ3) is 15.1. The summed E-state index contributed by atoms with van der Waals surface area (Å²) in [5, 5.41) is 0. The van der Waals surface area contributed by atoms with Gasteiger partial charge in [0.1, 0.15) is 0 Å². The van der Waals surface area contributed by atoms with Crippen LogP contribution < -0.4 is 0 Å². The number of hydrogen-bond donors (Lipinski definition) is 0. The van der Waals surface area contributed by atoms with E-state index >= 15 is 0 Å². The molecule has 0 unspecified atom stereocenters. The molecule has 0 aliphatic rings. The molecule has 0 aliphatic heterocycles. The second-order valence-electron chi connectivity index (χ2n) is 4.57. The molecular formula is C16H36O8V. The Bertz CT molecular complexity index is 217. The number of rotatable bonds is 20. The molecule has 0 N–H and O–H groups in total. The quantitative estimate of drug-likeness (QED) is 0.284. The predicted octanol–water partition coefficient (Wildman–Crippen LogP) is 2.01. The normalized spacial score (nSPS) is 12.0. The van der Waals surface area contributed by atoms with E-state index in [1.54, 1.807) is 0 Å². The fourth-order valence-electron chi connectivity index (χ4n) is 1.63. The first-order chi connectivity index (χ1) is 12.2. The number of hydrogen-bond acceptors (Lipinski definition) is 8. The maximum atomic E-state index is 5.89. The van der Waals surface area contributed by atoms with Gasteiger partial charge in [-0.1, -0.05) is 0 Å². The van der Waals surface area contributed by atoms with E-state index in [9.17, 15) is 0 Å². The first kappa shape index (κ1) is 25.3. The monoisotopic (exact) mass is 407 g/mol. The average molecular weight is 407 g/mol. The Balaban J connectivity index is 4.62. The van der Waals surface area contributed by atoms with Gasteiger partial charge in [0.25, 0.3) is 0 Å². The molecule has 0 atom stereocenters. The van der Waals surface area contributed by atoms with Crippen LogP contribution in [0.15, 0.2) is 0 Å². The van der Waals surface area contributed by atoms with Gasteiger partial charge in [0.15, 0.2) is 0 Å². The second kappa shape index (κ2) is 19.0. The zero-order chi connectivity index (χ0) is 18.6. The zero-order valence-corrected chi connectivity index (χ0v) is 17.6.